The van der Waals surface area contributed by atoms with Crippen molar-refractivity contribution >= 4 is 12.0 Å². The van der Waals surface area contributed by atoms with Crippen molar-refractivity contribution in [2.24, 2.45) is 0 Å². The fourth-order valence-corrected chi connectivity index (χ4v) is 2.27. The minimum atomic E-state index is -0.115. The number of rotatable bonds is 7. The highest BCUT2D eigenvalue weighted by molar-refractivity contribution is 5.91. The van der Waals surface area contributed by atoms with E-state index < -0.39 is 0 Å². The molecule has 0 aromatic heterocycles. The molecule has 1 amide bonds. The highest BCUT2D eigenvalue weighted by Crippen LogP contribution is 2.30. The maximum atomic E-state index is 11.8. The quantitative estimate of drug-likeness (QED) is 0.799. The van der Waals surface area contributed by atoms with Crippen LogP contribution in [0.1, 0.15) is 11.1 Å². The Balaban J connectivity index is 1.88. The zero-order valence-corrected chi connectivity index (χ0v) is 13.4. The molecule has 0 aliphatic carbocycles. The van der Waals surface area contributed by atoms with E-state index in [1.165, 1.54) is 6.08 Å². The van der Waals surface area contributed by atoms with E-state index in [1.54, 1.807) is 20.3 Å². The van der Waals surface area contributed by atoms with Gasteiger partial charge in [0.15, 0.2) is 11.5 Å². The Hall–Kier alpha value is -2.75. The molecule has 0 aliphatic rings. The van der Waals surface area contributed by atoms with Gasteiger partial charge >= 0.3 is 0 Å². The van der Waals surface area contributed by atoms with E-state index in [1.807, 2.05) is 48.5 Å². The average Bonchev–Trinajstić information content (AvgIpc) is 2.60. The molecule has 4 heteroatoms. The predicted molar refractivity (Wildman–Crippen MR) is 91.7 cm³/mol. The second-order valence-corrected chi connectivity index (χ2v) is 4.94. The summed E-state index contributed by atoms with van der Waals surface area (Å²) in [6.45, 7) is 0.529. The molecule has 0 fully saturated rings. The fraction of sp³-hybridized carbons (Fsp3) is 0.211. The lowest BCUT2D eigenvalue weighted by Crippen LogP contribution is -2.23. The Morgan fingerprint density at radius 3 is 2.52 bits per heavy atom. The fourth-order valence-electron chi connectivity index (χ4n) is 2.27. The second kappa shape index (κ2) is 8.63. The lowest BCUT2D eigenvalue weighted by atomic mass is 10.1. The van der Waals surface area contributed by atoms with Crippen molar-refractivity contribution in [3.05, 3.63) is 65.7 Å². The normalized spacial score (nSPS) is 10.5. The van der Waals surface area contributed by atoms with Crippen molar-refractivity contribution in [1.82, 2.24) is 5.32 Å². The summed E-state index contributed by atoms with van der Waals surface area (Å²) in [5.74, 6) is 1.29. The highest BCUT2D eigenvalue weighted by atomic mass is 16.5. The second-order valence-electron chi connectivity index (χ2n) is 4.94. The lowest BCUT2D eigenvalue weighted by molar-refractivity contribution is -0.116. The Morgan fingerprint density at radius 2 is 1.83 bits per heavy atom. The Morgan fingerprint density at radius 1 is 1.04 bits per heavy atom. The van der Waals surface area contributed by atoms with Crippen LogP contribution in [0.15, 0.2) is 54.6 Å². The van der Waals surface area contributed by atoms with Crippen molar-refractivity contribution in [3.8, 4) is 11.5 Å². The molecule has 0 bridgehead atoms. The molecule has 0 saturated carbocycles. The number of para-hydroxylation sites is 1. The van der Waals surface area contributed by atoms with Crippen molar-refractivity contribution in [2.75, 3.05) is 20.8 Å². The third-order valence-corrected chi connectivity index (χ3v) is 3.40. The highest BCUT2D eigenvalue weighted by Gasteiger charge is 2.09. The molecule has 1 N–H and O–H groups in total. The standard InChI is InChI=1S/C19H21NO3/c1-22-17-10-6-9-16(19(17)23-2)13-14-20-18(21)12-11-15-7-4-3-5-8-15/h3-12H,13-14H2,1-2H3,(H,20,21)/b12-11+. The van der Waals surface area contributed by atoms with Crippen molar-refractivity contribution in [1.29, 1.82) is 0 Å². The van der Waals surface area contributed by atoms with Crippen LogP contribution < -0.4 is 14.8 Å². The number of carbonyl (C=O) groups is 1. The van der Waals surface area contributed by atoms with Crippen LogP contribution in [0, 0.1) is 0 Å². The third-order valence-electron chi connectivity index (χ3n) is 3.40. The van der Waals surface area contributed by atoms with E-state index in [9.17, 15) is 4.79 Å². The summed E-state index contributed by atoms with van der Waals surface area (Å²) in [6, 6.07) is 15.4. The number of carbonyl (C=O) groups excluding carboxylic acids is 1. The molecule has 4 nitrogen and oxygen atoms in total. The van der Waals surface area contributed by atoms with Gasteiger partial charge in [0, 0.05) is 12.6 Å². The van der Waals surface area contributed by atoms with Crippen LogP contribution in [0.4, 0.5) is 0 Å². The number of hydrogen-bond acceptors (Lipinski definition) is 3. The monoisotopic (exact) mass is 311 g/mol. The van der Waals surface area contributed by atoms with Gasteiger partial charge in [0.25, 0.3) is 0 Å². The summed E-state index contributed by atoms with van der Waals surface area (Å²) in [4.78, 5) is 11.8. The maximum absolute atomic E-state index is 11.8. The Bertz CT molecular complexity index is 666. The van der Waals surface area contributed by atoms with E-state index in [2.05, 4.69) is 5.32 Å². The third kappa shape index (κ3) is 4.88. The van der Waals surface area contributed by atoms with Crippen LogP contribution in [0.25, 0.3) is 6.08 Å². The first-order chi connectivity index (χ1) is 11.2. The molecule has 0 unspecified atom stereocenters. The van der Waals surface area contributed by atoms with E-state index in [4.69, 9.17) is 9.47 Å². The minimum absolute atomic E-state index is 0.115. The molecule has 0 radical (unpaired) electrons. The van der Waals surface area contributed by atoms with Gasteiger partial charge in [-0.25, -0.2) is 0 Å². The summed E-state index contributed by atoms with van der Waals surface area (Å²) in [5.41, 5.74) is 2.00. The first-order valence-corrected chi connectivity index (χ1v) is 7.45. The van der Waals surface area contributed by atoms with Crippen LogP contribution >= 0.6 is 0 Å². The molecule has 0 saturated heterocycles. The van der Waals surface area contributed by atoms with Gasteiger partial charge in [-0.1, -0.05) is 42.5 Å². The molecule has 2 rings (SSSR count). The molecule has 0 spiro atoms. The van der Waals surface area contributed by atoms with Crippen LogP contribution in [-0.2, 0) is 11.2 Å². The van der Waals surface area contributed by atoms with Gasteiger partial charge in [-0.2, -0.15) is 0 Å². The van der Waals surface area contributed by atoms with Gasteiger partial charge < -0.3 is 14.8 Å². The molecule has 0 heterocycles. The van der Waals surface area contributed by atoms with E-state index in [0.29, 0.717) is 24.5 Å². The molecular formula is C19H21NO3. The molecular weight excluding hydrogens is 290 g/mol. The largest absolute Gasteiger partial charge is 0.493 e. The molecule has 0 atom stereocenters. The SMILES string of the molecule is COc1cccc(CCNC(=O)/C=C/c2ccccc2)c1OC. The summed E-state index contributed by atoms with van der Waals surface area (Å²) in [7, 11) is 3.22. The molecule has 2 aromatic rings. The van der Waals surface area contributed by atoms with Crippen LogP contribution in [0.5, 0.6) is 11.5 Å². The number of ether oxygens (including phenoxy) is 2. The van der Waals surface area contributed by atoms with Gasteiger partial charge in [-0.3, -0.25) is 4.79 Å². The number of nitrogens with one attached hydrogen (secondary N) is 1. The topological polar surface area (TPSA) is 47.6 Å². The molecule has 2 aromatic carbocycles. The molecule has 0 aliphatic heterocycles. The van der Waals surface area contributed by atoms with Crippen LogP contribution in [0.2, 0.25) is 0 Å². The summed E-state index contributed by atoms with van der Waals surface area (Å²) in [6.07, 6.45) is 4.00. The van der Waals surface area contributed by atoms with Crippen molar-refractivity contribution in [2.45, 2.75) is 6.42 Å². The first-order valence-electron chi connectivity index (χ1n) is 7.45. The van der Waals surface area contributed by atoms with E-state index in [-0.39, 0.29) is 5.91 Å². The lowest BCUT2D eigenvalue weighted by Gasteiger charge is -2.12. The van der Waals surface area contributed by atoms with Gasteiger partial charge in [-0.15, -0.1) is 0 Å². The Labute approximate surface area is 136 Å². The number of methoxy groups -OCH3 is 2. The number of amides is 1. The number of benzene rings is 2. The maximum Gasteiger partial charge on any atom is 0.244 e. The molecule has 23 heavy (non-hydrogen) atoms. The zero-order chi connectivity index (χ0) is 16.5. The first kappa shape index (κ1) is 16.6. The average molecular weight is 311 g/mol. The van der Waals surface area contributed by atoms with Crippen LogP contribution in [-0.4, -0.2) is 26.7 Å². The van der Waals surface area contributed by atoms with Gasteiger partial charge in [-0.05, 0) is 29.7 Å². The molecule has 120 valence electrons. The summed E-state index contributed by atoms with van der Waals surface area (Å²) < 4.78 is 10.6. The van der Waals surface area contributed by atoms with Crippen molar-refractivity contribution in [3.63, 3.8) is 0 Å². The van der Waals surface area contributed by atoms with Crippen molar-refractivity contribution < 1.29 is 14.3 Å². The summed E-state index contributed by atoms with van der Waals surface area (Å²) >= 11 is 0. The van der Waals surface area contributed by atoms with Crippen LogP contribution in [0.3, 0.4) is 0 Å². The number of hydrogen-bond donors (Lipinski definition) is 1. The van der Waals surface area contributed by atoms with E-state index >= 15 is 0 Å². The van der Waals surface area contributed by atoms with Gasteiger partial charge in [0.2, 0.25) is 5.91 Å². The zero-order valence-electron chi connectivity index (χ0n) is 13.4. The minimum Gasteiger partial charge on any atom is -0.493 e. The smallest absolute Gasteiger partial charge is 0.244 e. The van der Waals surface area contributed by atoms with Gasteiger partial charge in [0.1, 0.15) is 0 Å². The van der Waals surface area contributed by atoms with Gasteiger partial charge in [0.05, 0.1) is 14.2 Å². The predicted octanol–water partition coefficient (Wildman–Crippen LogP) is 3.08. The Kier molecular flexibility index (Phi) is 6.24. The summed E-state index contributed by atoms with van der Waals surface area (Å²) in [5, 5.41) is 2.87. The van der Waals surface area contributed by atoms with E-state index in [0.717, 1.165) is 11.1 Å².